The third-order valence-corrected chi connectivity index (χ3v) is 6.55. The number of amides is 2. The molecule has 0 saturated heterocycles. The van der Waals surface area contributed by atoms with Gasteiger partial charge in [-0.3, -0.25) is 14.6 Å². The molecule has 1 heterocycles. The van der Waals surface area contributed by atoms with E-state index in [9.17, 15) is 18.8 Å². The van der Waals surface area contributed by atoms with Gasteiger partial charge in [-0.1, -0.05) is 0 Å². The molecule has 3 N–H and O–H groups in total. The standard InChI is InChI=1S/C30H25F2N3O7.Ca.2H/c1-2-40-25-14-20-22(15-26(25)41-16-27(36)37)33-12-9-23(20)42-24-8-7-19(13-21(24)32)35-29(39)30(10-11-30)28(38)34-18-5-3-17(31)4-6-18;;;/h3-9,12-15H,2,10-11,16H2,1H3,(H,34,38)(H,35,39)(H,36,37);;;. The second kappa shape index (κ2) is 13.5. The quantitative estimate of drug-likeness (QED) is 0.164. The van der Waals surface area contributed by atoms with Crippen LogP contribution >= 0.6 is 0 Å². The van der Waals surface area contributed by atoms with Gasteiger partial charge in [-0.15, -0.1) is 0 Å². The molecule has 0 atom stereocenters. The number of anilines is 2. The van der Waals surface area contributed by atoms with Crippen LogP contribution in [0.4, 0.5) is 20.2 Å². The van der Waals surface area contributed by atoms with Gasteiger partial charge in [0.1, 0.15) is 17.0 Å². The number of benzene rings is 3. The average Bonchev–Trinajstić information content (AvgIpc) is 3.77. The monoisotopic (exact) mass is 619 g/mol. The van der Waals surface area contributed by atoms with Gasteiger partial charge < -0.3 is 30.0 Å². The molecular weight excluding hydrogens is 592 g/mol. The van der Waals surface area contributed by atoms with Gasteiger partial charge in [-0.05, 0) is 68.3 Å². The Kier molecular flexibility index (Phi) is 10.0. The topological polar surface area (TPSA) is 136 Å². The molecule has 1 aliphatic rings. The number of pyridine rings is 1. The average molecular weight is 620 g/mol. The molecule has 3 aromatic carbocycles. The van der Waals surface area contributed by atoms with E-state index < -0.39 is 41.4 Å². The summed E-state index contributed by atoms with van der Waals surface area (Å²) in [4.78, 5) is 41.0. The summed E-state index contributed by atoms with van der Waals surface area (Å²) in [5, 5.41) is 14.6. The number of aliphatic carboxylic acids is 1. The number of carbonyl (C=O) groups excluding carboxylic acids is 2. The van der Waals surface area contributed by atoms with Gasteiger partial charge in [-0.2, -0.15) is 0 Å². The van der Waals surface area contributed by atoms with Crippen LogP contribution in [0.5, 0.6) is 23.0 Å². The van der Waals surface area contributed by atoms with Crippen molar-refractivity contribution in [2.45, 2.75) is 19.8 Å². The van der Waals surface area contributed by atoms with Crippen molar-refractivity contribution in [3.05, 3.63) is 78.5 Å². The summed E-state index contributed by atoms with van der Waals surface area (Å²) >= 11 is 0. The Balaban J connectivity index is 0.00000423. The zero-order valence-corrected chi connectivity index (χ0v) is 22.3. The van der Waals surface area contributed by atoms with Crippen LogP contribution in [0.25, 0.3) is 10.9 Å². The molecule has 1 aromatic heterocycles. The molecule has 0 bridgehead atoms. The number of aromatic nitrogens is 1. The van der Waals surface area contributed by atoms with E-state index in [1.807, 2.05) is 0 Å². The first-order chi connectivity index (χ1) is 20.2. The van der Waals surface area contributed by atoms with Crippen LogP contribution in [0.1, 0.15) is 19.8 Å². The molecule has 4 aromatic rings. The summed E-state index contributed by atoms with van der Waals surface area (Å²) in [5.41, 5.74) is -0.422. The van der Waals surface area contributed by atoms with Crippen molar-refractivity contribution in [3.63, 3.8) is 0 Å². The zero-order chi connectivity index (χ0) is 29.9. The number of halogens is 2. The van der Waals surface area contributed by atoms with Crippen molar-refractivity contribution in [1.29, 1.82) is 0 Å². The van der Waals surface area contributed by atoms with Crippen LogP contribution in [0, 0.1) is 17.0 Å². The van der Waals surface area contributed by atoms with E-state index in [0.717, 1.165) is 6.07 Å². The fourth-order valence-electron chi connectivity index (χ4n) is 4.23. The number of hydrogen-bond acceptors (Lipinski definition) is 7. The molecule has 0 unspecified atom stereocenters. The van der Waals surface area contributed by atoms with Gasteiger partial charge in [0.15, 0.2) is 29.7 Å². The molecule has 220 valence electrons. The molecule has 5 rings (SSSR count). The first kappa shape index (κ1) is 31.9. The minimum atomic E-state index is -1.30. The first-order valence-electron chi connectivity index (χ1n) is 12.9. The van der Waals surface area contributed by atoms with E-state index in [4.69, 9.17) is 19.3 Å². The van der Waals surface area contributed by atoms with Crippen LogP contribution in [0.15, 0.2) is 66.9 Å². The molecule has 1 saturated carbocycles. The van der Waals surface area contributed by atoms with Gasteiger partial charge >= 0.3 is 43.7 Å². The number of hydrogen-bond donors (Lipinski definition) is 3. The van der Waals surface area contributed by atoms with Crippen LogP contribution in [-0.4, -0.2) is 78.8 Å². The molecule has 1 aliphatic carbocycles. The van der Waals surface area contributed by atoms with Crippen molar-refractivity contribution >= 4 is 77.8 Å². The number of carboxylic acid groups (broad SMARTS) is 1. The molecule has 43 heavy (non-hydrogen) atoms. The maximum atomic E-state index is 15.1. The molecule has 2 amide bonds. The fourth-order valence-corrected chi connectivity index (χ4v) is 4.23. The molecule has 0 spiro atoms. The number of carbonyl (C=O) groups is 3. The Bertz CT molecular complexity index is 1680. The SMILES string of the molecule is CCOc1cc2c(Oc3ccc(NC(=O)C4(C(=O)Nc5ccc(F)cc5)CC4)cc3F)ccnc2cc1OCC(=O)O.[CaH2]. The van der Waals surface area contributed by atoms with Crippen LogP contribution in [0.3, 0.4) is 0 Å². The number of nitrogens with one attached hydrogen (secondary N) is 2. The van der Waals surface area contributed by atoms with Crippen molar-refractivity contribution in [1.82, 2.24) is 4.98 Å². The first-order valence-corrected chi connectivity index (χ1v) is 12.9. The number of nitrogens with zero attached hydrogens (tertiary/aromatic N) is 1. The fraction of sp³-hybridized carbons (Fsp3) is 0.200. The number of ether oxygens (including phenoxy) is 3. The van der Waals surface area contributed by atoms with Crippen LogP contribution in [0.2, 0.25) is 0 Å². The summed E-state index contributed by atoms with van der Waals surface area (Å²) < 4.78 is 45.0. The van der Waals surface area contributed by atoms with E-state index in [1.165, 1.54) is 54.7 Å². The van der Waals surface area contributed by atoms with E-state index in [1.54, 1.807) is 13.0 Å². The van der Waals surface area contributed by atoms with E-state index in [0.29, 0.717) is 29.4 Å². The number of carboxylic acids is 1. The van der Waals surface area contributed by atoms with Crippen molar-refractivity contribution < 1.29 is 42.5 Å². The van der Waals surface area contributed by atoms with Crippen molar-refractivity contribution in [3.8, 4) is 23.0 Å². The summed E-state index contributed by atoms with van der Waals surface area (Å²) in [6, 6.07) is 13.6. The predicted octanol–water partition coefficient (Wildman–Crippen LogP) is 4.61. The van der Waals surface area contributed by atoms with Crippen molar-refractivity contribution in [2.75, 3.05) is 23.8 Å². The number of fused-ring (bicyclic) bond motifs is 1. The maximum absolute atomic E-state index is 15.1. The van der Waals surface area contributed by atoms with E-state index >= 15 is 4.39 Å². The molecule has 0 radical (unpaired) electrons. The predicted molar refractivity (Wildman–Crippen MR) is 156 cm³/mol. The second-order valence-electron chi connectivity index (χ2n) is 9.49. The molecule has 0 aliphatic heterocycles. The van der Waals surface area contributed by atoms with Gasteiger partial charge in [0.25, 0.3) is 0 Å². The Morgan fingerprint density at radius 2 is 1.51 bits per heavy atom. The third-order valence-electron chi connectivity index (χ3n) is 6.55. The molecule has 13 heteroatoms. The second-order valence-corrected chi connectivity index (χ2v) is 9.49. The Morgan fingerprint density at radius 3 is 2.14 bits per heavy atom. The summed E-state index contributed by atoms with van der Waals surface area (Å²) in [5.74, 6) is -2.94. The zero-order valence-electron chi connectivity index (χ0n) is 22.3. The Hall–Kier alpha value is -4.00. The summed E-state index contributed by atoms with van der Waals surface area (Å²) in [7, 11) is 0. The summed E-state index contributed by atoms with van der Waals surface area (Å²) in [6.07, 6.45) is 2.08. The Morgan fingerprint density at radius 1 is 0.860 bits per heavy atom. The van der Waals surface area contributed by atoms with Crippen LogP contribution in [-0.2, 0) is 14.4 Å². The van der Waals surface area contributed by atoms with E-state index in [-0.39, 0.29) is 73.0 Å². The van der Waals surface area contributed by atoms with Gasteiger partial charge in [-0.25, -0.2) is 13.6 Å². The minimum absolute atomic E-state index is 0. The van der Waals surface area contributed by atoms with Gasteiger partial charge in [0.05, 0.1) is 12.1 Å². The van der Waals surface area contributed by atoms with Gasteiger partial charge in [0, 0.05) is 35.1 Å². The normalized spacial score (nSPS) is 12.9. The van der Waals surface area contributed by atoms with Crippen LogP contribution < -0.4 is 24.8 Å². The van der Waals surface area contributed by atoms with Gasteiger partial charge in [0.2, 0.25) is 11.8 Å². The van der Waals surface area contributed by atoms with Crippen molar-refractivity contribution in [2.24, 2.45) is 5.41 Å². The molecule has 1 fully saturated rings. The van der Waals surface area contributed by atoms with E-state index in [2.05, 4.69) is 15.6 Å². The summed E-state index contributed by atoms with van der Waals surface area (Å²) in [6.45, 7) is 1.46. The molecule has 10 nitrogen and oxygen atoms in total. The third kappa shape index (κ3) is 7.32. The molecular formula is C30H27CaF2N3O7. The Labute approximate surface area is 274 Å². The number of rotatable bonds is 11.